The zero-order chi connectivity index (χ0) is 14.1. The Bertz CT molecular complexity index is 792. The highest BCUT2D eigenvalue weighted by atomic mass is 35.5. The minimum absolute atomic E-state index is 0.288. The fourth-order valence-corrected chi connectivity index (χ4v) is 2.25. The molecule has 20 heavy (non-hydrogen) atoms. The van der Waals surface area contributed by atoms with E-state index in [1.165, 1.54) is 12.1 Å². The van der Waals surface area contributed by atoms with Crippen LogP contribution < -0.4 is 4.74 Å². The van der Waals surface area contributed by atoms with Crippen LogP contribution in [0.2, 0.25) is 5.15 Å². The molecule has 100 valence electrons. The van der Waals surface area contributed by atoms with Gasteiger partial charge in [-0.15, -0.1) is 0 Å². The minimum atomic E-state index is -0.363. The van der Waals surface area contributed by atoms with Crippen molar-refractivity contribution >= 4 is 22.5 Å². The summed E-state index contributed by atoms with van der Waals surface area (Å²) in [5.74, 6) is 0.683. The second kappa shape index (κ2) is 5.06. The van der Waals surface area contributed by atoms with Crippen LogP contribution in [0.4, 0.5) is 4.39 Å². The number of rotatable bonds is 2. The largest absolute Gasteiger partial charge is 0.496 e. The summed E-state index contributed by atoms with van der Waals surface area (Å²) in [6, 6.07) is 11.6. The van der Waals surface area contributed by atoms with Gasteiger partial charge >= 0.3 is 0 Å². The van der Waals surface area contributed by atoms with E-state index in [0.717, 1.165) is 0 Å². The molecule has 3 nitrogen and oxygen atoms in total. The van der Waals surface area contributed by atoms with E-state index in [1.807, 2.05) is 24.3 Å². The highest BCUT2D eigenvalue weighted by molar-refractivity contribution is 6.34. The first-order chi connectivity index (χ1) is 9.69. The Labute approximate surface area is 120 Å². The van der Waals surface area contributed by atoms with Crippen molar-refractivity contribution in [3.05, 3.63) is 53.4 Å². The number of methoxy groups -OCH3 is 1. The predicted molar refractivity (Wildman–Crippen MR) is 76.5 cm³/mol. The molecule has 3 aromatic rings. The lowest BCUT2D eigenvalue weighted by molar-refractivity contribution is 0.416. The normalized spacial score (nSPS) is 10.8. The van der Waals surface area contributed by atoms with E-state index in [2.05, 4.69) is 9.97 Å². The van der Waals surface area contributed by atoms with Crippen LogP contribution in [-0.2, 0) is 0 Å². The van der Waals surface area contributed by atoms with Crippen LogP contribution >= 0.6 is 11.6 Å². The summed E-state index contributed by atoms with van der Waals surface area (Å²) < 4.78 is 18.6. The Morgan fingerprint density at radius 2 is 1.90 bits per heavy atom. The lowest BCUT2D eigenvalue weighted by Crippen LogP contribution is -1.95. The van der Waals surface area contributed by atoms with Gasteiger partial charge in [-0.05, 0) is 24.3 Å². The molecule has 1 heterocycles. The molecule has 0 bridgehead atoms. The summed E-state index contributed by atoms with van der Waals surface area (Å²) in [5, 5.41) is 0.905. The van der Waals surface area contributed by atoms with Crippen molar-refractivity contribution in [3.8, 4) is 17.1 Å². The van der Waals surface area contributed by atoms with Crippen LogP contribution in [-0.4, -0.2) is 17.1 Å². The van der Waals surface area contributed by atoms with E-state index < -0.39 is 0 Å². The first-order valence-electron chi connectivity index (χ1n) is 5.95. The fraction of sp³-hybridized carbons (Fsp3) is 0.0667. The van der Waals surface area contributed by atoms with E-state index >= 15 is 0 Å². The number of ether oxygens (including phenoxy) is 1. The zero-order valence-corrected chi connectivity index (χ0v) is 11.4. The number of fused-ring (bicyclic) bond motifs is 1. The average Bonchev–Trinajstić information content (AvgIpc) is 2.46. The van der Waals surface area contributed by atoms with Crippen molar-refractivity contribution in [2.45, 2.75) is 0 Å². The second-order valence-electron chi connectivity index (χ2n) is 4.20. The summed E-state index contributed by atoms with van der Waals surface area (Å²) in [7, 11) is 1.57. The van der Waals surface area contributed by atoms with Crippen molar-refractivity contribution < 1.29 is 9.13 Å². The van der Waals surface area contributed by atoms with E-state index in [1.54, 1.807) is 13.2 Å². The fourth-order valence-electron chi connectivity index (χ4n) is 2.01. The van der Waals surface area contributed by atoms with Crippen LogP contribution in [0.5, 0.6) is 5.75 Å². The standard InChI is InChI=1S/C15H10ClFN2O/c1-20-13-5-3-2-4-11(13)15-18-12-8-9(17)6-7-10(12)14(16)19-15/h2-8H,1H3. The summed E-state index contributed by atoms with van der Waals surface area (Å²) in [6.07, 6.45) is 0. The number of hydrogen-bond donors (Lipinski definition) is 0. The molecule has 0 aliphatic carbocycles. The Kier molecular flexibility index (Phi) is 3.24. The van der Waals surface area contributed by atoms with Crippen molar-refractivity contribution in [2.24, 2.45) is 0 Å². The molecule has 2 aromatic carbocycles. The summed E-state index contributed by atoms with van der Waals surface area (Å²) in [4.78, 5) is 8.62. The molecule has 0 radical (unpaired) electrons. The number of aromatic nitrogens is 2. The number of para-hydroxylation sites is 1. The minimum Gasteiger partial charge on any atom is -0.496 e. The van der Waals surface area contributed by atoms with Gasteiger partial charge in [0.2, 0.25) is 0 Å². The molecule has 0 spiro atoms. The van der Waals surface area contributed by atoms with Gasteiger partial charge < -0.3 is 4.74 Å². The van der Waals surface area contributed by atoms with Gasteiger partial charge in [0.1, 0.15) is 16.7 Å². The summed E-state index contributed by atoms with van der Waals surface area (Å²) in [6.45, 7) is 0. The molecular formula is C15H10ClFN2O. The number of benzene rings is 2. The van der Waals surface area contributed by atoms with E-state index in [9.17, 15) is 4.39 Å². The third-order valence-corrected chi connectivity index (χ3v) is 3.25. The number of nitrogens with zero attached hydrogens (tertiary/aromatic N) is 2. The van der Waals surface area contributed by atoms with Crippen molar-refractivity contribution in [3.63, 3.8) is 0 Å². The summed E-state index contributed by atoms with van der Waals surface area (Å²) in [5.41, 5.74) is 1.17. The van der Waals surface area contributed by atoms with Gasteiger partial charge in [-0.2, -0.15) is 0 Å². The Morgan fingerprint density at radius 1 is 1.10 bits per heavy atom. The van der Waals surface area contributed by atoms with Gasteiger partial charge in [-0.25, -0.2) is 14.4 Å². The monoisotopic (exact) mass is 288 g/mol. The first kappa shape index (κ1) is 12.8. The Balaban J connectivity index is 2.26. The molecule has 0 aliphatic heterocycles. The van der Waals surface area contributed by atoms with Gasteiger partial charge in [0.05, 0.1) is 18.2 Å². The maximum atomic E-state index is 13.3. The highest BCUT2D eigenvalue weighted by Gasteiger charge is 2.12. The molecule has 5 heteroatoms. The molecule has 0 saturated carbocycles. The molecule has 1 aromatic heterocycles. The molecule has 0 N–H and O–H groups in total. The Morgan fingerprint density at radius 3 is 2.70 bits per heavy atom. The molecule has 0 atom stereocenters. The molecule has 3 rings (SSSR count). The predicted octanol–water partition coefficient (Wildman–Crippen LogP) is 4.10. The maximum absolute atomic E-state index is 13.3. The third-order valence-electron chi connectivity index (χ3n) is 2.96. The van der Waals surface area contributed by atoms with Gasteiger partial charge in [-0.1, -0.05) is 23.7 Å². The summed E-state index contributed by atoms with van der Waals surface area (Å²) >= 11 is 6.15. The molecule has 0 unspecified atom stereocenters. The SMILES string of the molecule is COc1ccccc1-c1nc(Cl)c2ccc(F)cc2n1. The van der Waals surface area contributed by atoms with E-state index in [-0.39, 0.29) is 11.0 Å². The van der Waals surface area contributed by atoms with Gasteiger partial charge in [0, 0.05) is 11.5 Å². The van der Waals surface area contributed by atoms with E-state index in [0.29, 0.717) is 28.0 Å². The topological polar surface area (TPSA) is 35.0 Å². The van der Waals surface area contributed by atoms with E-state index in [4.69, 9.17) is 16.3 Å². The van der Waals surface area contributed by atoms with Crippen LogP contribution in [0, 0.1) is 5.82 Å². The van der Waals surface area contributed by atoms with Crippen molar-refractivity contribution in [1.82, 2.24) is 9.97 Å². The Hall–Kier alpha value is -2.20. The van der Waals surface area contributed by atoms with Crippen LogP contribution in [0.25, 0.3) is 22.3 Å². The van der Waals surface area contributed by atoms with Crippen molar-refractivity contribution in [2.75, 3.05) is 7.11 Å². The van der Waals surface area contributed by atoms with Crippen molar-refractivity contribution in [1.29, 1.82) is 0 Å². The lowest BCUT2D eigenvalue weighted by atomic mass is 10.1. The smallest absolute Gasteiger partial charge is 0.165 e. The second-order valence-corrected chi connectivity index (χ2v) is 4.56. The van der Waals surface area contributed by atoms with Crippen LogP contribution in [0.3, 0.4) is 0 Å². The average molecular weight is 289 g/mol. The third kappa shape index (κ3) is 2.18. The first-order valence-corrected chi connectivity index (χ1v) is 6.33. The van der Waals surface area contributed by atoms with Gasteiger partial charge in [0.25, 0.3) is 0 Å². The molecule has 0 amide bonds. The molecule has 0 fully saturated rings. The number of hydrogen-bond acceptors (Lipinski definition) is 3. The zero-order valence-electron chi connectivity index (χ0n) is 10.6. The van der Waals surface area contributed by atoms with Crippen LogP contribution in [0.1, 0.15) is 0 Å². The van der Waals surface area contributed by atoms with Gasteiger partial charge in [0.15, 0.2) is 5.82 Å². The lowest BCUT2D eigenvalue weighted by Gasteiger charge is -2.08. The number of halogens is 2. The quantitative estimate of drug-likeness (QED) is 0.666. The molecule has 0 saturated heterocycles. The molecular weight excluding hydrogens is 279 g/mol. The van der Waals surface area contributed by atoms with Crippen LogP contribution in [0.15, 0.2) is 42.5 Å². The highest BCUT2D eigenvalue weighted by Crippen LogP contribution is 2.30. The van der Waals surface area contributed by atoms with Gasteiger partial charge in [-0.3, -0.25) is 0 Å². The maximum Gasteiger partial charge on any atom is 0.165 e. The molecule has 0 aliphatic rings.